The standard InChI is InChI=1S/C15H28N2/c1-4-5-6-7-8-9-12-15(16)14(2)11-10-13-17-3/h10-11,13,15H,3-9,12,16H2,1-2H3/b13-10-,14-11+. The quantitative estimate of drug-likeness (QED) is 0.344. The molecule has 1 atom stereocenters. The van der Waals surface area contributed by atoms with Gasteiger partial charge in [0.2, 0.25) is 0 Å². The number of unbranched alkanes of at least 4 members (excludes halogenated alkanes) is 5. The van der Waals surface area contributed by atoms with Gasteiger partial charge in [0, 0.05) is 12.2 Å². The van der Waals surface area contributed by atoms with Crippen molar-refractivity contribution in [2.45, 2.75) is 64.8 Å². The third kappa shape index (κ3) is 10.0. The zero-order valence-electron chi connectivity index (χ0n) is 11.5. The van der Waals surface area contributed by atoms with Gasteiger partial charge >= 0.3 is 0 Å². The maximum absolute atomic E-state index is 6.09. The summed E-state index contributed by atoms with van der Waals surface area (Å²) in [4.78, 5) is 3.65. The van der Waals surface area contributed by atoms with E-state index in [4.69, 9.17) is 5.73 Å². The smallest absolute Gasteiger partial charge is 0.0260 e. The molecule has 0 saturated heterocycles. The van der Waals surface area contributed by atoms with Crippen LogP contribution in [0.3, 0.4) is 0 Å². The van der Waals surface area contributed by atoms with E-state index in [1.807, 2.05) is 12.2 Å². The lowest BCUT2D eigenvalue weighted by Crippen LogP contribution is -2.20. The van der Waals surface area contributed by atoms with E-state index in [-0.39, 0.29) is 6.04 Å². The summed E-state index contributed by atoms with van der Waals surface area (Å²) in [5.74, 6) is 0. The van der Waals surface area contributed by atoms with Crippen LogP contribution in [0.4, 0.5) is 0 Å². The molecule has 0 aromatic carbocycles. The van der Waals surface area contributed by atoms with Gasteiger partial charge in [-0.25, -0.2) is 0 Å². The van der Waals surface area contributed by atoms with Crippen LogP contribution >= 0.6 is 0 Å². The van der Waals surface area contributed by atoms with Crippen LogP contribution in [0.1, 0.15) is 58.8 Å². The van der Waals surface area contributed by atoms with E-state index >= 15 is 0 Å². The van der Waals surface area contributed by atoms with Gasteiger partial charge in [-0.3, -0.25) is 4.99 Å². The maximum atomic E-state index is 6.09. The Morgan fingerprint density at radius 1 is 1.24 bits per heavy atom. The third-order valence-electron chi connectivity index (χ3n) is 3.00. The minimum Gasteiger partial charge on any atom is -0.324 e. The molecule has 0 bridgehead atoms. The highest BCUT2D eigenvalue weighted by atomic mass is 14.6. The van der Waals surface area contributed by atoms with Gasteiger partial charge in [-0.15, -0.1) is 0 Å². The van der Waals surface area contributed by atoms with Crippen molar-refractivity contribution in [3.63, 3.8) is 0 Å². The van der Waals surface area contributed by atoms with Crippen molar-refractivity contribution in [1.29, 1.82) is 0 Å². The molecule has 0 aliphatic carbocycles. The van der Waals surface area contributed by atoms with Gasteiger partial charge in [0.25, 0.3) is 0 Å². The van der Waals surface area contributed by atoms with Crippen LogP contribution < -0.4 is 5.73 Å². The molecule has 0 amide bonds. The van der Waals surface area contributed by atoms with Crippen molar-refractivity contribution in [3.05, 3.63) is 23.9 Å². The zero-order valence-corrected chi connectivity index (χ0v) is 11.5. The Balaban J connectivity index is 3.63. The second kappa shape index (κ2) is 11.6. The summed E-state index contributed by atoms with van der Waals surface area (Å²) in [5.41, 5.74) is 7.31. The Kier molecular flexibility index (Phi) is 11.0. The van der Waals surface area contributed by atoms with E-state index in [1.54, 1.807) is 6.20 Å². The number of nitrogens with two attached hydrogens (primary N) is 1. The van der Waals surface area contributed by atoms with Crippen molar-refractivity contribution in [2.75, 3.05) is 0 Å². The summed E-state index contributed by atoms with van der Waals surface area (Å²) in [6, 6.07) is 0.190. The van der Waals surface area contributed by atoms with Crippen LogP contribution in [0.15, 0.2) is 28.9 Å². The van der Waals surface area contributed by atoms with Gasteiger partial charge in [0.05, 0.1) is 0 Å². The lowest BCUT2D eigenvalue weighted by Gasteiger charge is -2.11. The van der Waals surface area contributed by atoms with E-state index in [0.29, 0.717) is 0 Å². The summed E-state index contributed by atoms with van der Waals surface area (Å²) < 4.78 is 0. The van der Waals surface area contributed by atoms with Crippen molar-refractivity contribution in [2.24, 2.45) is 10.7 Å². The molecule has 0 rings (SSSR count). The highest BCUT2D eigenvalue weighted by Crippen LogP contribution is 2.11. The van der Waals surface area contributed by atoms with E-state index in [0.717, 1.165) is 6.42 Å². The van der Waals surface area contributed by atoms with Crippen LogP contribution in [-0.2, 0) is 0 Å². The number of hydrogen-bond donors (Lipinski definition) is 1. The summed E-state index contributed by atoms with van der Waals surface area (Å²) in [5, 5.41) is 0. The molecule has 0 saturated carbocycles. The first-order valence-corrected chi connectivity index (χ1v) is 6.77. The van der Waals surface area contributed by atoms with Crippen molar-refractivity contribution in [1.82, 2.24) is 0 Å². The van der Waals surface area contributed by atoms with Crippen molar-refractivity contribution in [3.8, 4) is 0 Å². The minimum atomic E-state index is 0.190. The predicted molar refractivity (Wildman–Crippen MR) is 78.4 cm³/mol. The van der Waals surface area contributed by atoms with Gasteiger partial charge in [-0.1, -0.05) is 57.1 Å². The third-order valence-corrected chi connectivity index (χ3v) is 3.00. The number of allylic oxidation sites excluding steroid dienone is 2. The predicted octanol–water partition coefficient (Wildman–Crippen LogP) is 4.22. The zero-order chi connectivity index (χ0) is 12.9. The van der Waals surface area contributed by atoms with Crippen LogP contribution in [-0.4, -0.2) is 12.8 Å². The highest BCUT2D eigenvalue weighted by molar-refractivity contribution is 5.26. The summed E-state index contributed by atoms with van der Waals surface area (Å²) in [6.45, 7) is 7.71. The topological polar surface area (TPSA) is 38.4 Å². The molecule has 1 unspecified atom stereocenters. The van der Waals surface area contributed by atoms with Crippen LogP contribution in [0.25, 0.3) is 0 Å². The van der Waals surface area contributed by atoms with E-state index in [9.17, 15) is 0 Å². The molecule has 2 heteroatoms. The fourth-order valence-electron chi connectivity index (χ4n) is 1.75. The SMILES string of the molecule is C=N/C=C\C=C(/C)C(N)CCCCCCCC. The van der Waals surface area contributed by atoms with Gasteiger partial charge in [-0.2, -0.15) is 0 Å². The van der Waals surface area contributed by atoms with E-state index in [2.05, 4.69) is 25.6 Å². The average molecular weight is 236 g/mol. The van der Waals surface area contributed by atoms with Crippen LogP contribution in [0.5, 0.6) is 0 Å². The Hall–Kier alpha value is -0.890. The molecule has 0 aliphatic heterocycles. The molecule has 0 aliphatic rings. The summed E-state index contributed by atoms with van der Waals surface area (Å²) >= 11 is 0. The van der Waals surface area contributed by atoms with Gasteiger partial charge in [-0.05, 0) is 26.1 Å². The lowest BCUT2D eigenvalue weighted by atomic mass is 10.0. The highest BCUT2D eigenvalue weighted by Gasteiger charge is 2.03. The molecule has 98 valence electrons. The molecule has 2 nitrogen and oxygen atoms in total. The Bertz CT molecular complexity index is 241. The molecular weight excluding hydrogens is 208 g/mol. The number of hydrogen-bond acceptors (Lipinski definition) is 2. The van der Waals surface area contributed by atoms with Crippen LogP contribution in [0.2, 0.25) is 0 Å². The van der Waals surface area contributed by atoms with Crippen molar-refractivity contribution >= 4 is 6.72 Å². The van der Waals surface area contributed by atoms with Gasteiger partial charge in [0.15, 0.2) is 0 Å². The maximum Gasteiger partial charge on any atom is 0.0260 e. The molecule has 0 spiro atoms. The fraction of sp³-hybridized carbons (Fsp3) is 0.667. The second-order valence-corrected chi connectivity index (χ2v) is 4.60. The Morgan fingerprint density at radius 3 is 2.53 bits per heavy atom. The second-order valence-electron chi connectivity index (χ2n) is 4.60. The first-order valence-electron chi connectivity index (χ1n) is 6.77. The van der Waals surface area contributed by atoms with Gasteiger partial charge < -0.3 is 5.73 Å². The first kappa shape index (κ1) is 16.1. The summed E-state index contributed by atoms with van der Waals surface area (Å²) in [6.07, 6.45) is 14.6. The van der Waals surface area contributed by atoms with Gasteiger partial charge in [0.1, 0.15) is 0 Å². The molecule has 0 radical (unpaired) electrons. The molecule has 2 N–H and O–H groups in total. The number of nitrogens with zero attached hydrogens (tertiary/aromatic N) is 1. The van der Waals surface area contributed by atoms with Crippen molar-refractivity contribution < 1.29 is 0 Å². The number of aliphatic imine (C=N–C) groups is 1. The minimum absolute atomic E-state index is 0.190. The summed E-state index contributed by atoms with van der Waals surface area (Å²) in [7, 11) is 0. The molecule has 17 heavy (non-hydrogen) atoms. The molecule has 0 aromatic heterocycles. The van der Waals surface area contributed by atoms with Crippen LogP contribution in [0, 0.1) is 0 Å². The average Bonchev–Trinajstić information content (AvgIpc) is 2.33. The lowest BCUT2D eigenvalue weighted by molar-refractivity contribution is 0.562. The normalized spacial score (nSPS) is 14.2. The van der Waals surface area contributed by atoms with E-state index in [1.165, 1.54) is 44.1 Å². The molecular formula is C15H28N2. The molecule has 0 heterocycles. The molecule has 0 fully saturated rings. The first-order chi connectivity index (χ1) is 8.22. The monoisotopic (exact) mass is 236 g/mol. The number of rotatable bonds is 10. The Morgan fingerprint density at radius 2 is 1.88 bits per heavy atom. The fourth-order valence-corrected chi connectivity index (χ4v) is 1.75. The largest absolute Gasteiger partial charge is 0.324 e. The molecule has 0 aromatic rings. The van der Waals surface area contributed by atoms with E-state index < -0.39 is 0 Å². The Labute approximate surface area is 107 Å².